The zero-order valence-corrected chi connectivity index (χ0v) is 14.9. The van der Waals surface area contributed by atoms with Crippen molar-refractivity contribution in [2.75, 3.05) is 0 Å². The standard InChI is InChI=1S/C21H20N4O2/c1-2-3-7-16(25(26)27)8-6-13-24-19-10-5-4-9-17(19)18-14-15(21(22)23)11-12-20(18)24/h2-12,14H,13H2,1H3,(H3,22,23)/b3-2-,8-6+,16-7+. The van der Waals surface area contributed by atoms with Gasteiger partial charge in [0.1, 0.15) is 5.84 Å². The lowest BCUT2D eigenvalue weighted by Crippen LogP contribution is -2.10. The summed E-state index contributed by atoms with van der Waals surface area (Å²) in [7, 11) is 0. The smallest absolute Gasteiger partial charge is 0.269 e. The van der Waals surface area contributed by atoms with Gasteiger partial charge in [-0.25, -0.2) is 0 Å². The molecule has 6 nitrogen and oxygen atoms in total. The molecule has 0 atom stereocenters. The zero-order valence-electron chi connectivity index (χ0n) is 14.9. The van der Waals surface area contributed by atoms with E-state index < -0.39 is 4.92 Å². The third-order valence-electron chi connectivity index (χ3n) is 4.33. The Kier molecular flexibility index (Phi) is 5.17. The van der Waals surface area contributed by atoms with Gasteiger partial charge in [-0.1, -0.05) is 36.4 Å². The largest absolute Gasteiger partial charge is 0.384 e. The first-order chi connectivity index (χ1) is 13.0. The number of benzene rings is 2. The summed E-state index contributed by atoms with van der Waals surface area (Å²) in [5.41, 5.74) is 8.35. The number of nitrogens with zero attached hydrogens (tertiary/aromatic N) is 2. The summed E-state index contributed by atoms with van der Waals surface area (Å²) >= 11 is 0. The van der Waals surface area contributed by atoms with Crippen molar-refractivity contribution in [1.82, 2.24) is 4.57 Å². The van der Waals surface area contributed by atoms with Gasteiger partial charge in [0.15, 0.2) is 0 Å². The lowest BCUT2D eigenvalue weighted by Gasteiger charge is -2.04. The van der Waals surface area contributed by atoms with Crippen molar-refractivity contribution in [2.24, 2.45) is 5.73 Å². The van der Waals surface area contributed by atoms with Gasteiger partial charge in [0.2, 0.25) is 0 Å². The molecule has 0 amide bonds. The Bertz CT molecular complexity index is 1120. The molecule has 27 heavy (non-hydrogen) atoms. The SMILES string of the molecule is C\C=C/C=C(\C=C\Cn1c2ccccc2c2cc(C(=N)N)ccc21)[N+](=O)[O-]. The lowest BCUT2D eigenvalue weighted by atomic mass is 10.1. The van der Waals surface area contributed by atoms with Crippen LogP contribution in [0.25, 0.3) is 21.8 Å². The molecule has 3 rings (SSSR count). The molecule has 0 bridgehead atoms. The number of hydrogen-bond donors (Lipinski definition) is 2. The number of nitro groups is 1. The summed E-state index contributed by atoms with van der Waals surface area (Å²) in [4.78, 5) is 10.7. The molecule has 0 fully saturated rings. The summed E-state index contributed by atoms with van der Waals surface area (Å²) in [5.74, 6) is 0.0263. The van der Waals surface area contributed by atoms with Gasteiger partial charge >= 0.3 is 0 Å². The minimum Gasteiger partial charge on any atom is -0.384 e. The number of nitrogens with one attached hydrogen (secondary N) is 1. The summed E-state index contributed by atoms with van der Waals surface area (Å²) < 4.78 is 2.10. The molecule has 3 aromatic rings. The Morgan fingerprint density at radius 3 is 2.67 bits per heavy atom. The van der Waals surface area contributed by atoms with E-state index in [1.165, 1.54) is 12.2 Å². The molecule has 1 heterocycles. The fraction of sp³-hybridized carbons (Fsp3) is 0.0952. The molecule has 0 unspecified atom stereocenters. The number of aromatic nitrogens is 1. The molecule has 0 aliphatic heterocycles. The first kappa shape index (κ1) is 18.1. The number of rotatable bonds is 6. The molecular weight excluding hydrogens is 340 g/mol. The molecule has 0 spiro atoms. The molecule has 0 saturated heterocycles. The van der Waals surface area contributed by atoms with Crippen molar-refractivity contribution in [1.29, 1.82) is 5.41 Å². The number of amidine groups is 1. The molecule has 6 heteroatoms. The van der Waals surface area contributed by atoms with Crippen LogP contribution in [0.5, 0.6) is 0 Å². The van der Waals surface area contributed by atoms with Crippen LogP contribution in [0.2, 0.25) is 0 Å². The molecule has 0 radical (unpaired) electrons. The molecule has 2 aromatic carbocycles. The minimum atomic E-state index is -0.401. The highest BCUT2D eigenvalue weighted by molar-refractivity contribution is 6.10. The fourth-order valence-corrected chi connectivity index (χ4v) is 3.07. The van der Waals surface area contributed by atoms with Gasteiger partial charge in [0.25, 0.3) is 5.70 Å². The Morgan fingerprint density at radius 2 is 1.96 bits per heavy atom. The minimum absolute atomic E-state index is 0.0263. The first-order valence-electron chi connectivity index (χ1n) is 8.52. The maximum absolute atomic E-state index is 11.1. The van der Waals surface area contributed by atoms with Gasteiger partial charge in [-0.15, -0.1) is 0 Å². The topological polar surface area (TPSA) is 97.9 Å². The van der Waals surface area contributed by atoms with Gasteiger partial charge in [-0.05, 0) is 31.2 Å². The molecule has 3 N–H and O–H groups in total. The quantitative estimate of drug-likeness (QED) is 0.224. The number of allylic oxidation sites excluding steroid dienone is 5. The molecule has 0 saturated carbocycles. The van der Waals surface area contributed by atoms with E-state index in [4.69, 9.17) is 11.1 Å². The maximum Gasteiger partial charge on any atom is 0.269 e. The van der Waals surface area contributed by atoms with Crippen molar-refractivity contribution in [3.63, 3.8) is 0 Å². The van der Waals surface area contributed by atoms with Crippen LogP contribution < -0.4 is 5.73 Å². The van der Waals surface area contributed by atoms with Gasteiger partial charge in [-0.2, -0.15) is 0 Å². The highest BCUT2D eigenvalue weighted by atomic mass is 16.6. The van der Waals surface area contributed by atoms with E-state index in [1.807, 2.05) is 49.4 Å². The summed E-state index contributed by atoms with van der Waals surface area (Å²) in [5, 5.41) is 20.9. The van der Waals surface area contributed by atoms with Crippen molar-refractivity contribution in [2.45, 2.75) is 13.5 Å². The monoisotopic (exact) mass is 360 g/mol. The van der Waals surface area contributed by atoms with Crippen molar-refractivity contribution in [3.05, 3.63) is 94.2 Å². The highest BCUT2D eigenvalue weighted by Gasteiger charge is 2.11. The van der Waals surface area contributed by atoms with Crippen LogP contribution in [0.4, 0.5) is 0 Å². The lowest BCUT2D eigenvalue weighted by molar-refractivity contribution is -0.419. The second kappa shape index (κ2) is 7.70. The Balaban J connectivity index is 2.06. The van der Waals surface area contributed by atoms with Crippen molar-refractivity contribution >= 4 is 27.6 Å². The van der Waals surface area contributed by atoms with Crippen LogP contribution in [-0.2, 0) is 6.54 Å². The molecular formula is C21H20N4O2. The first-order valence-corrected chi connectivity index (χ1v) is 8.52. The van der Waals surface area contributed by atoms with Crippen LogP contribution in [0, 0.1) is 15.5 Å². The van der Waals surface area contributed by atoms with Gasteiger partial charge in [-0.3, -0.25) is 15.5 Å². The van der Waals surface area contributed by atoms with Crippen molar-refractivity contribution in [3.8, 4) is 0 Å². The number of hydrogen-bond acceptors (Lipinski definition) is 3. The summed E-state index contributed by atoms with van der Waals surface area (Å²) in [6.07, 6.45) is 8.16. The van der Waals surface area contributed by atoms with Crippen LogP contribution in [0.15, 0.2) is 78.5 Å². The van der Waals surface area contributed by atoms with E-state index in [1.54, 1.807) is 18.2 Å². The number of fused-ring (bicyclic) bond motifs is 3. The van der Waals surface area contributed by atoms with E-state index in [9.17, 15) is 10.1 Å². The number of nitrogens with two attached hydrogens (primary N) is 1. The van der Waals surface area contributed by atoms with Crippen LogP contribution in [-0.4, -0.2) is 15.3 Å². The number of para-hydroxylation sites is 1. The van der Waals surface area contributed by atoms with Crippen LogP contribution in [0.3, 0.4) is 0 Å². The van der Waals surface area contributed by atoms with E-state index in [0.29, 0.717) is 12.1 Å². The average molecular weight is 360 g/mol. The van der Waals surface area contributed by atoms with E-state index >= 15 is 0 Å². The summed E-state index contributed by atoms with van der Waals surface area (Å²) in [6.45, 7) is 2.30. The average Bonchev–Trinajstić information content (AvgIpc) is 2.97. The summed E-state index contributed by atoms with van der Waals surface area (Å²) in [6, 6.07) is 13.6. The molecule has 0 aliphatic carbocycles. The Hall–Kier alpha value is -3.67. The maximum atomic E-state index is 11.1. The predicted molar refractivity (Wildman–Crippen MR) is 109 cm³/mol. The second-order valence-corrected chi connectivity index (χ2v) is 6.05. The number of nitrogen functional groups attached to an aromatic ring is 1. The van der Waals surface area contributed by atoms with E-state index in [0.717, 1.165) is 21.8 Å². The molecule has 1 aromatic heterocycles. The second-order valence-electron chi connectivity index (χ2n) is 6.05. The van der Waals surface area contributed by atoms with Crippen molar-refractivity contribution < 1.29 is 4.92 Å². The molecule has 136 valence electrons. The van der Waals surface area contributed by atoms with E-state index in [2.05, 4.69) is 4.57 Å². The van der Waals surface area contributed by atoms with Gasteiger partial charge in [0.05, 0.1) is 4.92 Å². The third-order valence-corrected chi connectivity index (χ3v) is 4.33. The predicted octanol–water partition coefficient (Wildman–Crippen LogP) is 4.37. The third kappa shape index (κ3) is 3.64. The zero-order chi connectivity index (χ0) is 19.4. The highest BCUT2D eigenvalue weighted by Crippen LogP contribution is 2.29. The van der Waals surface area contributed by atoms with E-state index in [-0.39, 0.29) is 11.5 Å². The fourth-order valence-electron chi connectivity index (χ4n) is 3.07. The van der Waals surface area contributed by atoms with Gasteiger partial charge < -0.3 is 10.3 Å². The Labute approximate surface area is 156 Å². The van der Waals surface area contributed by atoms with Crippen LogP contribution in [0.1, 0.15) is 12.5 Å². The normalized spacial score (nSPS) is 12.6. The molecule has 0 aliphatic rings. The Morgan fingerprint density at radius 1 is 1.22 bits per heavy atom. The van der Waals surface area contributed by atoms with Gasteiger partial charge in [0, 0.05) is 46.1 Å². The van der Waals surface area contributed by atoms with Crippen LogP contribution >= 0.6 is 0 Å².